The number of hydrogen-bond donors (Lipinski definition) is 1. The van der Waals surface area contributed by atoms with Gasteiger partial charge in [-0.25, -0.2) is 0 Å². The van der Waals surface area contributed by atoms with Crippen molar-refractivity contribution in [3.8, 4) is 28.6 Å². The molecule has 3 heterocycles. The van der Waals surface area contributed by atoms with E-state index in [9.17, 15) is 4.79 Å². The number of hydrogen-bond acceptors (Lipinski definition) is 8. The zero-order valence-corrected chi connectivity index (χ0v) is 19.0. The molecule has 0 radical (unpaired) electrons. The van der Waals surface area contributed by atoms with Crippen molar-refractivity contribution in [3.63, 3.8) is 0 Å². The maximum absolute atomic E-state index is 12.5. The molecule has 33 heavy (non-hydrogen) atoms. The van der Waals surface area contributed by atoms with E-state index in [0.29, 0.717) is 34.7 Å². The summed E-state index contributed by atoms with van der Waals surface area (Å²) in [6, 6.07) is 12.9. The smallest absolute Gasteiger partial charge is 0.234 e. The fraction of sp³-hybridized carbons (Fsp3) is 0.348. The Hall–Kier alpha value is -3.24. The van der Waals surface area contributed by atoms with Crippen molar-refractivity contribution < 1.29 is 23.7 Å². The van der Waals surface area contributed by atoms with Gasteiger partial charge in [-0.15, -0.1) is 10.2 Å². The Morgan fingerprint density at radius 3 is 2.82 bits per heavy atom. The van der Waals surface area contributed by atoms with E-state index >= 15 is 0 Å². The Balaban J connectivity index is 1.32. The van der Waals surface area contributed by atoms with Crippen LogP contribution in [-0.4, -0.2) is 53.0 Å². The monoisotopic (exact) mass is 468 g/mol. The predicted octanol–water partition coefficient (Wildman–Crippen LogP) is 3.59. The highest BCUT2D eigenvalue weighted by molar-refractivity contribution is 7.99. The van der Waals surface area contributed by atoms with Crippen LogP contribution >= 0.6 is 11.8 Å². The summed E-state index contributed by atoms with van der Waals surface area (Å²) in [6.07, 6.45) is 2.13. The average molecular weight is 469 g/mol. The van der Waals surface area contributed by atoms with Gasteiger partial charge in [0.2, 0.25) is 12.7 Å². The van der Waals surface area contributed by atoms with E-state index in [1.54, 1.807) is 31.4 Å². The second kappa shape index (κ2) is 9.72. The first-order chi connectivity index (χ1) is 16.2. The Morgan fingerprint density at radius 1 is 1.18 bits per heavy atom. The number of carbonyl (C=O) groups excluding carboxylic acids is 1. The normalized spacial score (nSPS) is 16.7. The quantitative estimate of drug-likeness (QED) is 0.501. The van der Waals surface area contributed by atoms with E-state index in [1.807, 2.05) is 22.8 Å². The highest BCUT2D eigenvalue weighted by atomic mass is 32.2. The Bertz CT molecular complexity index is 1130. The number of benzene rings is 2. The van der Waals surface area contributed by atoms with Crippen molar-refractivity contribution in [2.75, 3.05) is 31.6 Å². The molecule has 1 aromatic heterocycles. The standard InChI is InChI=1S/C23H24N4O5S/c1-29-17-7-5-16(6-8-17)24-21(28)13-33-23-26-25-22(27(23)12-18-3-2-10-30-18)15-4-9-19-20(11-15)32-14-31-19/h4-9,11,18H,2-3,10,12-14H2,1H3,(H,24,28)/t18-/m0/s1. The van der Waals surface area contributed by atoms with Gasteiger partial charge in [0, 0.05) is 17.9 Å². The van der Waals surface area contributed by atoms with Gasteiger partial charge in [-0.3, -0.25) is 9.36 Å². The van der Waals surface area contributed by atoms with Crippen molar-refractivity contribution in [1.29, 1.82) is 0 Å². The van der Waals surface area contributed by atoms with Crippen LogP contribution in [0.2, 0.25) is 0 Å². The Kier molecular flexibility index (Phi) is 6.36. The summed E-state index contributed by atoms with van der Waals surface area (Å²) in [5.74, 6) is 2.93. The summed E-state index contributed by atoms with van der Waals surface area (Å²) >= 11 is 1.35. The number of aromatic nitrogens is 3. The molecular formula is C23H24N4O5S. The summed E-state index contributed by atoms with van der Waals surface area (Å²) in [5.41, 5.74) is 1.59. The van der Waals surface area contributed by atoms with Crippen LogP contribution in [0.15, 0.2) is 47.6 Å². The van der Waals surface area contributed by atoms with Crippen molar-refractivity contribution in [1.82, 2.24) is 14.8 Å². The minimum absolute atomic E-state index is 0.0984. The van der Waals surface area contributed by atoms with E-state index < -0.39 is 0 Å². The number of methoxy groups -OCH3 is 1. The summed E-state index contributed by atoms with van der Waals surface area (Å²) in [7, 11) is 1.61. The number of fused-ring (bicyclic) bond motifs is 1. The number of thioether (sulfide) groups is 1. The number of carbonyl (C=O) groups is 1. The second-order valence-corrected chi connectivity index (χ2v) is 8.63. The van der Waals surface area contributed by atoms with Crippen molar-refractivity contribution in [3.05, 3.63) is 42.5 Å². The second-order valence-electron chi connectivity index (χ2n) is 7.69. The largest absolute Gasteiger partial charge is 0.497 e. The molecule has 1 fully saturated rings. The molecule has 0 bridgehead atoms. The van der Waals surface area contributed by atoms with Crippen molar-refractivity contribution >= 4 is 23.4 Å². The lowest BCUT2D eigenvalue weighted by Crippen LogP contribution is -2.18. The maximum Gasteiger partial charge on any atom is 0.234 e. The lowest BCUT2D eigenvalue weighted by Gasteiger charge is -2.15. The van der Waals surface area contributed by atoms with Gasteiger partial charge < -0.3 is 24.3 Å². The van der Waals surface area contributed by atoms with Gasteiger partial charge in [-0.1, -0.05) is 11.8 Å². The van der Waals surface area contributed by atoms with E-state index in [0.717, 1.165) is 30.8 Å². The highest BCUT2D eigenvalue weighted by Gasteiger charge is 2.23. The number of nitrogens with one attached hydrogen (secondary N) is 1. The molecule has 0 aliphatic carbocycles. The van der Waals surface area contributed by atoms with E-state index in [2.05, 4.69) is 15.5 Å². The van der Waals surface area contributed by atoms with Crippen LogP contribution in [0, 0.1) is 0 Å². The number of ether oxygens (including phenoxy) is 4. The number of rotatable bonds is 8. The summed E-state index contributed by atoms with van der Waals surface area (Å²) < 4.78 is 24.0. The van der Waals surface area contributed by atoms with Crippen molar-refractivity contribution in [2.45, 2.75) is 30.6 Å². The number of nitrogens with zero attached hydrogens (tertiary/aromatic N) is 3. The van der Waals surface area contributed by atoms with Crippen LogP contribution in [0.1, 0.15) is 12.8 Å². The van der Waals surface area contributed by atoms with Crippen LogP contribution in [0.4, 0.5) is 5.69 Å². The van der Waals surface area contributed by atoms with Gasteiger partial charge in [0.05, 0.1) is 25.5 Å². The van der Waals surface area contributed by atoms with Gasteiger partial charge in [-0.05, 0) is 55.3 Å². The fourth-order valence-corrected chi connectivity index (χ4v) is 4.55. The molecule has 1 saturated heterocycles. The highest BCUT2D eigenvalue weighted by Crippen LogP contribution is 2.36. The first kappa shape index (κ1) is 21.6. The zero-order chi connectivity index (χ0) is 22.6. The van der Waals surface area contributed by atoms with E-state index in [4.69, 9.17) is 18.9 Å². The van der Waals surface area contributed by atoms with Crippen LogP contribution in [0.5, 0.6) is 17.2 Å². The van der Waals surface area contributed by atoms with Gasteiger partial charge in [-0.2, -0.15) is 0 Å². The first-order valence-electron chi connectivity index (χ1n) is 10.7. The molecule has 0 unspecified atom stereocenters. The van der Waals surface area contributed by atoms with Gasteiger partial charge in [0.1, 0.15) is 5.75 Å². The molecule has 1 N–H and O–H groups in total. The van der Waals surface area contributed by atoms with E-state index in [1.165, 1.54) is 11.8 Å². The topological polar surface area (TPSA) is 96.7 Å². The molecule has 5 rings (SSSR count). The molecule has 0 saturated carbocycles. The molecule has 172 valence electrons. The molecule has 2 aromatic carbocycles. The molecule has 2 aliphatic heterocycles. The zero-order valence-electron chi connectivity index (χ0n) is 18.2. The summed E-state index contributed by atoms with van der Waals surface area (Å²) in [4.78, 5) is 12.5. The predicted molar refractivity (Wildman–Crippen MR) is 123 cm³/mol. The Labute approximate surface area is 195 Å². The molecule has 10 heteroatoms. The number of amides is 1. The van der Waals surface area contributed by atoms with Crippen LogP contribution < -0.4 is 19.5 Å². The lowest BCUT2D eigenvalue weighted by molar-refractivity contribution is -0.113. The summed E-state index contributed by atoms with van der Waals surface area (Å²) in [6.45, 7) is 1.60. The molecule has 1 atom stereocenters. The van der Waals surface area contributed by atoms with Gasteiger partial charge >= 0.3 is 0 Å². The third-order valence-electron chi connectivity index (χ3n) is 5.46. The molecule has 9 nitrogen and oxygen atoms in total. The third kappa shape index (κ3) is 4.91. The van der Waals surface area contributed by atoms with Crippen LogP contribution in [-0.2, 0) is 16.1 Å². The SMILES string of the molecule is COc1ccc(NC(=O)CSc2nnc(-c3ccc4c(c3)OCO4)n2C[C@@H]2CCCO2)cc1. The number of anilines is 1. The van der Waals surface area contributed by atoms with Gasteiger partial charge in [0.15, 0.2) is 22.5 Å². The van der Waals surface area contributed by atoms with Crippen molar-refractivity contribution in [2.24, 2.45) is 0 Å². The molecular weight excluding hydrogens is 444 g/mol. The van der Waals surface area contributed by atoms with Crippen LogP contribution in [0.25, 0.3) is 11.4 Å². The van der Waals surface area contributed by atoms with Crippen LogP contribution in [0.3, 0.4) is 0 Å². The third-order valence-corrected chi connectivity index (χ3v) is 6.43. The molecule has 2 aliphatic rings. The summed E-state index contributed by atoms with van der Waals surface area (Å²) in [5, 5.41) is 12.4. The fourth-order valence-electron chi connectivity index (χ4n) is 3.80. The minimum Gasteiger partial charge on any atom is -0.497 e. The molecule has 1 amide bonds. The van der Waals surface area contributed by atoms with E-state index in [-0.39, 0.29) is 24.6 Å². The van der Waals surface area contributed by atoms with Gasteiger partial charge in [0.25, 0.3) is 0 Å². The molecule has 3 aromatic rings. The average Bonchev–Trinajstić information content (AvgIpc) is 3.59. The lowest BCUT2D eigenvalue weighted by atomic mass is 10.2. The minimum atomic E-state index is -0.124. The Morgan fingerprint density at radius 2 is 2.03 bits per heavy atom. The first-order valence-corrected chi connectivity index (χ1v) is 11.7. The molecule has 0 spiro atoms. The maximum atomic E-state index is 12.5.